The van der Waals surface area contributed by atoms with Crippen molar-refractivity contribution in [1.29, 1.82) is 0 Å². The monoisotopic (exact) mass is 493 g/mol. The summed E-state index contributed by atoms with van der Waals surface area (Å²) in [5.74, 6) is 0.457. The number of hydrogen-bond acceptors (Lipinski definition) is 6. The summed E-state index contributed by atoms with van der Waals surface area (Å²) < 4.78 is 5.44. The average Bonchev–Trinajstić information content (AvgIpc) is 3.34. The standard InChI is InChI=1S/C25H28ClN7O2/c1-15-11-28-13-22(30-15)16-3-4-19(21(26)9-16)20-10-17-12-29-24(31-18-5-8-35-14-18)32-25(17,2)33(7-6-27)23(20)34/h3-4,9-13,18H,5-8,14,27H2,1-2H3,(H2,29,31,32)/t18-,25?/m0/s1. The second-order valence-corrected chi connectivity index (χ2v) is 9.39. The Bertz CT molecular complexity index is 1250. The molecule has 1 unspecified atom stereocenters. The largest absolute Gasteiger partial charge is 0.379 e. The van der Waals surface area contributed by atoms with Gasteiger partial charge in [-0.2, -0.15) is 0 Å². The third kappa shape index (κ3) is 4.42. The van der Waals surface area contributed by atoms with Crippen LogP contribution in [0.1, 0.15) is 24.6 Å². The summed E-state index contributed by atoms with van der Waals surface area (Å²) in [6.45, 7) is 5.84. The van der Waals surface area contributed by atoms with E-state index >= 15 is 0 Å². The van der Waals surface area contributed by atoms with Crippen molar-refractivity contribution in [3.05, 3.63) is 64.7 Å². The third-order valence-electron chi connectivity index (χ3n) is 6.48. The minimum Gasteiger partial charge on any atom is -0.379 e. The molecule has 35 heavy (non-hydrogen) atoms. The molecule has 5 rings (SSSR count). The number of nitrogens with one attached hydrogen (secondary N) is 2. The van der Waals surface area contributed by atoms with Gasteiger partial charge in [0.25, 0.3) is 5.91 Å². The number of amides is 1. The van der Waals surface area contributed by atoms with Crippen LogP contribution in [0.25, 0.3) is 16.8 Å². The smallest absolute Gasteiger partial charge is 0.256 e. The lowest BCUT2D eigenvalue weighted by atomic mass is 9.87. The van der Waals surface area contributed by atoms with Crippen molar-refractivity contribution in [2.75, 3.05) is 26.3 Å². The number of carbonyl (C=O) groups excluding carboxylic acids is 1. The van der Waals surface area contributed by atoms with Crippen LogP contribution in [-0.4, -0.2) is 64.7 Å². The van der Waals surface area contributed by atoms with E-state index in [1.54, 1.807) is 17.3 Å². The number of nitrogens with two attached hydrogens (primary N) is 1. The predicted octanol–water partition coefficient (Wildman–Crippen LogP) is 2.23. The Hall–Kier alpha value is -3.27. The molecule has 0 aliphatic carbocycles. The molecule has 10 heteroatoms. The number of ether oxygens (including phenoxy) is 1. The predicted molar refractivity (Wildman–Crippen MR) is 135 cm³/mol. The summed E-state index contributed by atoms with van der Waals surface area (Å²) >= 11 is 6.70. The highest BCUT2D eigenvalue weighted by Crippen LogP contribution is 2.38. The van der Waals surface area contributed by atoms with Crippen molar-refractivity contribution in [3.8, 4) is 11.3 Å². The van der Waals surface area contributed by atoms with E-state index in [-0.39, 0.29) is 11.9 Å². The molecule has 1 saturated heterocycles. The lowest BCUT2D eigenvalue weighted by molar-refractivity contribution is -0.130. The number of guanidine groups is 1. The molecule has 4 heterocycles. The SMILES string of the molecule is Cc1cncc(-c2ccc(C3=CC4=CNC(=N[C@H]5CCOC5)NC4(C)N(CCN)C3=O)c(Cl)c2)n1. The van der Waals surface area contributed by atoms with E-state index in [9.17, 15) is 4.79 Å². The fourth-order valence-corrected chi connectivity index (χ4v) is 4.90. The van der Waals surface area contributed by atoms with Gasteiger partial charge in [-0.1, -0.05) is 23.7 Å². The molecule has 0 bridgehead atoms. The van der Waals surface area contributed by atoms with Gasteiger partial charge in [-0.25, -0.2) is 9.98 Å². The van der Waals surface area contributed by atoms with Crippen LogP contribution in [0.5, 0.6) is 0 Å². The molecule has 3 aliphatic heterocycles. The minimum absolute atomic E-state index is 0.0901. The van der Waals surface area contributed by atoms with E-state index in [1.807, 2.05) is 44.3 Å². The molecule has 9 nitrogen and oxygen atoms in total. The van der Waals surface area contributed by atoms with Crippen LogP contribution in [-0.2, 0) is 9.53 Å². The molecule has 0 radical (unpaired) electrons. The molecule has 2 aromatic rings. The lowest BCUT2D eigenvalue weighted by Crippen LogP contribution is -2.67. The second-order valence-electron chi connectivity index (χ2n) is 8.98. The topological polar surface area (TPSA) is 118 Å². The highest BCUT2D eigenvalue weighted by atomic mass is 35.5. The molecule has 0 saturated carbocycles. The maximum atomic E-state index is 13.8. The molecule has 1 aromatic carbocycles. The molecule has 1 aromatic heterocycles. The summed E-state index contributed by atoms with van der Waals surface area (Å²) in [6, 6.07) is 5.66. The molecule has 1 fully saturated rings. The minimum atomic E-state index is -0.799. The van der Waals surface area contributed by atoms with Gasteiger partial charge in [0.05, 0.1) is 30.2 Å². The van der Waals surface area contributed by atoms with Gasteiger partial charge in [-0.15, -0.1) is 0 Å². The number of fused-ring (bicyclic) bond motifs is 1. The van der Waals surface area contributed by atoms with Gasteiger partial charge in [0, 0.05) is 59.4 Å². The summed E-state index contributed by atoms with van der Waals surface area (Å²) in [5, 5.41) is 7.11. The van der Waals surface area contributed by atoms with Gasteiger partial charge in [-0.05, 0) is 32.4 Å². The molecule has 182 valence electrons. The molecule has 0 spiro atoms. The van der Waals surface area contributed by atoms with Crippen molar-refractivity contribution in [2.45, 2.75) is 32.0 Å². The normalized spacial score (nSPS) is 25.0. The number of hydrogen-bond donors (Lipinski definition) is 3. The van der Waals surface area contributed by atoms with E-state index in [4.69, 9.17) is 27.1 Å². The average molecular weight is 494 g/mol. The van der Waals surface area contributed by atoms with Gasteiger partial charge >= 0.3 is 0 Å². The summed E-state index contributed by atoms with van der Waals surface area (Å²) in [4.78, 5) is 28.9. The fourth-order valence-electron chi connectivity index (χ4n) is 4.62. The molecular weight excluding hydrogens is 466 g/mol. The van der Waals surface area contributed by atoms with Gasteiger partial charge in [0.2, 0.25) is 0 Å². The van der Waals surface area contributed by atoms with Crippen molar-refractivity contribution in [2.24, 2.45) is 10.7 Å². The highest BCUT2D eigenvalue weighted by molar-refractivity contribution is 6.35. The van der Waals surface area contributed by atoms with Crippen LogP contribution in [0.3, 0.4) is 0 Å². The zero-order valence-corrected chi connectivity index (χ0v) is 20.5. The number of nitrogens with zero attached hydrogens (tertiary/aromatic N) is 4. The summed E-state index contributed by atoms with van der Waals surface area (Å²) in [7, 11) is 0. The van der Waals surface area contributed by atoms with E-state index in [0.29, 0.717) is 48.4 Å². The van der Waals surface area contributed by atoms with Crippen molar-refractivity contribution < 1.29 is 9.53 Å². The Morgan fingerprint density at radius 3 is 2.94 bits per heavy atom. The lowest BCUT2D eigenvalue weighted by Gasteiger charge is -2.48. The molecular formula is C25H28ClN7O2. The zero-order chi connectivity index (χ0) is 24.6. The van der Waals surface area contributed by atoms with E-state index in [1.165, 1.54) is 0 Å². The number of aryl methyl sites for hydroxylation is 1. The highest BCUT2D eigenvalue weighted by Gasteiger charge is 2.45. The summed E-state index contributed by atoms with van der Waals surface area (Å²) in [6.07, 6.45) is 8.02. The van der Waals surface area contributed by atoms with Gasteiger partial charge in [0.1, 0.15) is 5.66 Å². The number of aromatic nitrogens is 2. The Morgan fingerprint density at radius 1 is 1.37 bits per heavy atom. The number of aliphatic imine (C=N–C) groups is 1. The number of halogens is 1. The Balaban J connectivity index is 1.52. The molecule has 3 aliphatic rings. The van der Waals surface area contributed by atoms with Gasteiger partial charge < -0.3 is 26.0 Å². The number of carbonyl (C=O) groups is 1. The second kappa shape index (κ2) is 9.41. The van der Waals surface area contributed by atoms with Gasteiger partial charge in [0.15, 0.2) is 5.96 Å². The van der Waals surface area contributed by atoms with Crippen LogP contribution < -0.4 is 16.4 Å². The first-order chi connectivity index (χ1) is 16.9. The van der Waals surface area contributed by atoms with Crippen LogP contribution in [0, 0.1) is 6.92 Å². The van der Waals surface area contributed by atoms with Crippen molar-refractivity contribution in [1.82, 2.24) is 25.5 Å². The van der Waals surface area contributed by atoms with E-state index in [2.05, 4.69) is 20.6 Å². The van der Waals surface area contributed by atoms with Crippen LogP contribution >= 0.6 is 11.6 Å². The van der Waals surface area contributed by atoms with Crippen LogP contribution in [0.2, 0.25) is 5.02 Å². The first kappa shape index (κ1) is 23.5. The Labute approximate surface area is 209 Å². The first-order valence-electron chi connectivity index (χ1n) is 11.6. The van der Waals surface area contributed by atoms with Crippen LogP contribution in [0.15, 0.2) is 53.4 Å². The summed E-state index contributed by atoms with van der Waals surface area (Å²) in [5.41, 5.74) is 9.52. The molecule has 2 atom stereocenters. The maximum Gasteiger partial charge on any atom is 0.256 e. The number of rotatable bonds is 5. The van der Waals surface area contributed by atoms with Crippen LogP contribution in [0.4, 0.5) is 0 Å². The molecule has 1 amide bonds. The van der Waals surface area contributed by atoms with Crippen molar-refractivity contribution in [3.63, 3.8) is 0 Å². The Morgan fingerprint density at radius 2 is 2.23 bits per heavy atom. The maximum absolute atomic E-state index is 13.8. The first-order valence-corrected chi connectivity index (χ1v) is 12.0. The quantitative estimate of drug-likeness (QED) is 0.584. The number of benzene rings is 1. The van der Waals surface area contributed by atoms with E-state index in [0.717, 1.165) is 28.9 Å². The third-order valence-corrected chi connectivity index (χ3v) is 6.80. The zero-order valence-electron chi connectivity index (χ0n) is 19.7. The molecule has 4 N–H and O–H groups in total. The Kier molecular flexibility index (Phi) is 6.31. The van der Waals surface area contributed by atoms with Crippen molar-refractivity contribution >= 4 is 29.0 Å². The fraction of sp³-hybridized carbons (Fsp3) is 0.360. The van der Waals surface area contributed by atoms with Gasteiger partial charge in [-0.3, -0.25) is 9.78 Å². The van der Waals surface area contributed by atoms with E-state index < -0.39 is 5.66 Å².